The molecule has 33 heavy (non-hydrogen) atoms. The summed E-state index contributed by atoms with van der Waals surface area (Å²) in [7, 11) is -1.89. The Kier molecular flexibility index (Phi) is 9.24. The van der Waals surface area contributed by atoms with Crippen LogP contribution in [0.1, 0.15) is 65.2 Å². The van der Waals surface area contributed by atoms with Crippen molar-refractivity contribution in [1.82, 2.24) is 15.0 Å². The molecule has 0 radical (unpaired) electrons. The molecule has 0 fully saturated rings. The Hall–Kier alpha value is -2.21. The lowest BCUT2D eigenvalue weighted by Crippen LogP contribution is -2.44. The van der Waals surface area contributed by atoms with E-state index in [1.54, 1.807) is 12.1 Å². The third kappa shape index (κ3) is 8.25. The highest BCUT2D eigenvalue weighted by Gasteiger charge is 2.37. The summed E-state index contributed by atoms with van der Waals surface area (Å²) in [5, 5.41) is 12.7. The number of ether oxygens (including phenoxy) is 1. The first-order valence-corrected chi connectivity index (χ1v) is 14.6. The first kappa shape index (κ1) is 27.0. The lowest BCUT2D eigenvalue weighted by Gasteiger charge is -2.37. The van der Waals surface area contributed by atoms with Gasteiger partial charge in [0.2, 0.25) is 11.2 Å². The van der Waals surface area contributed by atoms with Gasteiger partial charge in [0.25, 0.3) is 0 Å². The average Bonchev–Trinajstić information content (AvgIpc) is 2.70. The molecule has 2 unspecified atom stereocenters. The molecule has 2 rings (SSSR count). The number of hydrogen-bond donors (Lipinski definition) is 1. The van der Waals surface area contributed by atoms with Crippen LogP contribution in [0.25, 0.3) is 0 Å². The van der Waals surface area contributed by atoms with E-state index in [0.29, 0.717) is 24.0 Å². The van der Waals surface area contributed by atoms with E-state index in [4.69, 9.17) is 26.0 Å². The van der Waals surface area contributed by atoms with Gasteiger partial charge < -0.3 is 14.5 Å². The maximum Gasteiger partial charge on any atom is 0.323 e. The van der Waals surface area contributed by atoms with Crippen molar-refractivity contribution in [3.05, 3.63) is 40.7 Å². The Bertz CT molecular complexity index is 972. The minimum atomic E-state index is -1.89. The van der Waals surface area contributed by atoms with Crippen LogP contribution in [-0.4, -0.2) is 35.9 Å². The number of nitrogens with zero attached hydrogens (tertiary/aromatic N) is 4. The van der Waals surface area contributed by atoms with Crippen molar-refractivity contribution in [2.24, 2.45) is 5.92 Å². The number of rotatable bonds is 10. The lowest BCUT2D eigenvalue weighted by molar-refractivity contribution is 0.206. The van der Waals surface area contributed by atoms with Crippen LogP contribution < -0.4 is 10.1 Å². The van der Waals surface area contributed by atoms with Crippen LogP contribution in [0, 0.1) is 17.2 Å². The zero-order chi connectivity index (χ0) is 24.8. The monoisotopic (exact) mass is 489 g/mol. The van der Waals surface area contributed by atoms with Crippen LogP contribution in [0.15, 0.2) is 24.3 Å². The molecule has 0 saturated heterocycles. The van der Waals surface area contributed by atoms with Gasteiger partial charge in [-0.1, -0.05) is 46.8 Å². The summed E-state index contributed by atoms with van der Waals surface area (Å²) in [6.07, 6.45) is 0.531. The zero-order valence-corrected chi connectivity index (χ0v) is 22.7. The van der Waals surface area contributed by atoms with Crippen molar-refractivity contribution in [1.29, 1.82) is 5.26 Å². The maximum absolute atomic E-state index is 9.13. The molecule has 1 aromatic heterocycles. The van der Waals surface area contributed by atoms with Gasteiger partial charge in [0.15, 0.2) is 8.32 Å². The number of aromatic nitrogens is 3. The molecule has 2 aromatic rings. The lowest BCUT2D eigenvalue weighted by atomic mass is 10.0. The fourth-order valence-corrected chi connectivity index (χ4v) is 4.19. The second-order valence-corrected chi connectivity index (χ2v) is 15.4. The average molecular weight is 490 g/mol. The Balaban J connectivity index is 2.16. The van der Waals surface area contributed by atoms with Crippen molar-refractivity contribution < 1.29 is 9.16 Å². The summed E-state index contributed by atoms with van der Waals surface area (Å²) in [5.74, 6) is 0.818. The summed E-state index contributed by atoms with van der Waals surface area (Å²) >= 11 is 6.18. The van der Waals surface area contributed by atoms with E-state index in [-0.39, 0.29) is 28.5 Å². The van der Waals surface area contributed by atoms with Gasteiger partial charge in [-0.25, -0.2) is 0 Å². The highest BCUT2D eigenvalue weighted by Crippen LogP contribution is 2.36. The van der Waals surface area contributed by atoms with E-state index >= 15 is 0 Å². The van der Waals surface area contributed by atoms with Crippen molar-refractivity contribution >= 4 is 25.9 Å². The minimum absolute atomic E-state index is 0.0233. The Morgan fingerprint density at radius 3 is 2.45 bits per heavy atom. The number of nitriles is 1. The maximum atomic E-state index is 9.13. The Morgan fingerprint density at radius 1 is 1.15 bits per heavy atom. The Labute approximate surface area is 204 Å². The zero-order valence-electron chi connectivity index (χ0n) is 20.9. The SMILES string of the molecule is CC(C)CC(CO[Si](C)(C)C(C)(C)C)Nc1nc(Cl)nc(OC(C)c2cccc(C#N)c2)n1. The largest absolute Gasteiger partial charge is 0.455 e. The molecule has 0 aliphatic rings. The van der Waals surface area contributed by atoms with Gasteiger partial charge in [0, 0.05) is 0 Å². The summed E-state index contributed by atoms with van der Waals surface area (Å²) in [4.78, 5) is 12.8. The molecule has 0 amide bonds. The van der Waals surface area contributed by atoms with E-state index in [9.17, 15) is 0 Å². The molecule has 180 valence electrons. The molecule has 0 aliphatic heterocycles. The smallest absolute Gasteiger partial charge is 0.323 e. The van der Waals surface area contributed by atoms with Crippen molar-refractivity contribution in [3.63, 3.8) is 0 Å². The van der Waals surface area contributed by atoms with Crippen molar-refractivity contribution in [2.75, 3.05) is 11.9 Å². The highest BCUT2D eigenvalue weighted by atomic mass is 35.5. The van der Waals surface area contributed by atoms with E-state index in [1.165, 1.54) is 0 Å². The van der Waals surface area contributed by atoms with Gasteiger partial charge >= 0.3 is 6.01 Å². The van der Waals surface area contributed by atoms with E-state index in [0.717, 1.165) is 12.0 Å². The molecular weight excluding hydrogens is 454 g/mol. The van der Waals surface area contributed by atoms with Gasteiger partial charge in [-0.2, -0.15) is 20.2 Å². The van der Waals surface area contributed by atoms with E-state index in [1.807, 2.05) is 19.1 Å². The van der Waals surface area contributed by atoms with Gasteiger partial charge in [0.1, 0.15) is 6.10 Å². The first-order chi connectivity index (χ1) is 15.3. The molecule has 0 saturated carbocycles. The molecule has 7 nitrogen and oxygen atoms in total. The fourth-order valence-electron chi connectivity index (χ4n) is 2.98. The van der Waals surface area contributed by atoms with Crippen LogP contribution in [0.5, 0.6) is 6.01 Å². The second-order valence-electron chi connectivity index (χ2n) is 10.3. The number of anilines is 1. The van der Waals surface area contributed by atoms with Gasteiger partial charge in [-0.15, -0.1) is 0 Å². The van der Waals surface area contributed by atoms with Gasteiger partial charge in [-0.05, 0) is 66.7 Å². The van der Waals surface area contributed by atoms with E-state index in [2.05, 4.69) is 74.1 Å². The first-order valence-electron chi connectivity index (χ1n) is 11.3. The van der Waals surface area contributed by atoms with Gasteiger partial charge in [0.05, 0.1) is 24.3 Å². The van der Waals surface area contributed by atoms with Crippen molar-refractivity contribution in [2.45, 2.75) is 78.2 Å². The van der Waals surface area contributed by atoms with Crippen LogP contribution in [0.3, 0.4) is 0 Å². The summed E-state index contributed by atoms with van der Waals surface area (Å²) in [6, 6.07) is 9.53. The normalized spacial score (nSPS) is 14.0. The predicted molar refractivity (Wildman–Crippen MR) is 135 cm³/mol. The molecule has 1 N–H and O–H groups in total. The predicted octanol–water partition coefficient (Wildman–Crippen LogP) is 6.39. The highest BCUT2D eigenvalue weighted by molar-refractivity contribution is 6.74. The quantitative estimate of drug-likeness (QED) is 0.386. The molecule has 9 heteroatoms. The topological polar surface area (TPSA) is 93.0 Å². The number of halogens is 1. The molecule has 2 atom stereocenters. The van der Waals surface area contributed by atoms with Crippen LogP contribution in [-0.2, 0) is 4.43 Å². The van der Waals surface area contributed by atoms with Crippen molar-refractivity contribution in [3.8, 4) is 12.1 Å². The number of nitrogens with one attached hydrogen (secondary N) is 1. The fraction of sp³-hybridized carbons (Fsp3) is 0.583. The Morgan fingerprint density at radius 2 is 1.85 bits per heavy atom. The second kappa shape index (κ2) is 11.3. The van der Waals surface area contributed by atoms with Crippen LogP contribution >= 0.6 is 11.6 Å². The number of hydrogen-bond acceptors (Lipinski definition) is 7. The molecule has 0 aliphatic carbocycles. The molecule has 0 bridgehead atoms. The molecular formula is C24H36ClN5O2Si. The minimum Gasteiger partial charge on any atom is -0.455 e. The third-order valence-corrected chi connectivity index (χ3v) is 10.6. The molecule has 0 spiro atoms. The summed E-state index contributed by atoms with van der Waals surface area (Å²) < 4.78 is 12.4. The van der Waals surface area contributed by atoms with Gasteiger partial charge in [-0.3, -0.25) is 0 Å². The summed E-state index contributed by atoms with van der Waals surface area (Å²) in [5.41, 5.74) is 1.41. The standard InChI is InChI=1S/C24H36ClN5O2Si/c1-16(2)12-20(15-31-33(7,8)24(4,5)6)27-22-28-21(25)29-23(30-22)32-17(3)19-11-9-10-18(13-19)14-26/h9-11,13,16-17,20H,12,15H2,1-8H3,(H,27,28,29,30). The van der Waals surface area contributed by atoms with E-state index < -0.39 is 8.32 Å². The van der Waals surface area contributed by atoms with Crippen LogP contribution in [0.2, 0.25) is 23.4 Å². The molecule has 1 heterocycles. The number of benzene rings is 1. The van der Waals surface area contributed by atoms with Crippen LogP contribution in [0.4, 0.5) is 5.95 Å². The summed E-state index contributed by atoms with van der Waals surface area (Å²) in [6.45, 7) is 18.0. The molecule has 1 aromatic carbocycles. The third-order valence-electron chi connectivity index (χ3n) is 5.90.